The van der Waals surface area contributed by atoms with E-state index < -0.39 is 15.9 Å². The molecule has 1 aromatic rings. The second-order valence-electron chi connectivity index (χ2n) is 8.10. The normalized spacial score (nSPS) is 17.7. The fourth-order valence-corrected chi connectivity index (χ4v) is 4.46. The second-order valence-corrected chi connectivity index (χ2v) is 10.3. The lowest BCUT2D eigenvalue weighted by Gasteiger charge is -2.30. The molecule has 1 aromatic carbocycles. The van der Waals surface area contributed by atoms with Crippen molar-refractivity contribution in [3.05, 3.63) is 29.8 Å². The number of benzene rings is 1. The summed E-state index contributed by atoms with van der Waals surface area (Å²) in [6, 6.07) is 5.77. The molecule has 1 fully saturated rings. The fourth-order valence-electron chi connectivity index (χ4n) is 3.51. The van der Waals surface area contributed by atoms with Gasteiger partial charge in [-0.3, -0.25) is 9.59 Å². The Morgan fingerprint density at radius 1 is 1.20 bits per heavy atom. The van der Waals surface area contributed by atoms with Gasteiger partial charge in [-0.2, -0.15) is 0 Å². The van der Waals surface area contributed by atoms with Crippen molar-refractivity contribution in [1.82, 2.24) is 19.8 Å². The Hall–Kier alpha value is -1.97. The Bertz CT molecular complexity index is 826. The summed E-state index contributed by atoms with van der Waals surface area (Å²) in [5, 5.41) is 5.35. The van der Waals surface area contributed by atoms with Crippen LogP contribution in [0.25, 0.3) is 0 Å². The summed E-state index contributed by atoms with van der Waals surface area (Å²) in [6.07, 6.45) is 4.51. The SMILES string of the molecule is CC1CCCN(CCCCNC(=O)CNC(=O)c2cccc(S(=O)(=O)N(C)C)c2)C1. The zero-order chi connectivity index (χ0) is 22.1. The molecular weight excluding hydrogens is 404 g/mol. The Kier molecular flexibility index (Phi) is 9.26. The zero-order valence-corrected chi connectivity index (χ0v) is 19.0. The van der Waals surface area contributed by atoms with Gasteiger partial charge < -0.3 is 15.5 Å². The summed E-state index contributed by atoms with van der Waals surface area (Å²) >= 11 is 0. The van der Waals surface area contributed by atoms with Gasteiger partial charge in [0.1, 0.15) is 0 Å². The molecule has 2 amide bonds. The predicted molar refractivity (Wildman–Crippen MR) is 117 cm³/mol. The van der Waals surface area contributed by atoms with E-state index in [1.807, 2.05) is 0 Å². The molecule has 168 valence electrons. The smallest absolute Gasteiger partial charge is 0.251 e. The van der Waals surface area contributed by atoms with Crippen molar-refractivity contribution in [1.29, 1.82) is 0 Å². The minimum Gasteiger partial charge on any atom is -0.355 e. The number of carbonyl (C=O) groups excluding carboxylic acids is 2. The average Bonchev–Trinajstić information content (AvgIpc) is 2.71. The van der Waals surface area contributed by atoms with E-state index in [9.17, 15) is 18.0 Å². The van der Waals surface area contributed by atoms with Crippen molar-refractivity contribution < 1.29 is 18.0 Å². The Morgan fingerprint density at radius 2 is 1.97 bits per heavy atom. The molecule has 30 heavy (non-hydrogen) atoms. The molecule has 0 aromatic heterocycles. The molecule has 0 bridgehead atoms. The highest BCUT2D eigenvalue weighted by atomic mass is 32.2. The lowest BCUT2D eigenvalue weighted by atomic mass is 10.0. The lowest BCUT2D eigenvalue weighted by Crippen LogP contribution is -2.38. The van der Waals surface area contributed by atoms with Crippen molar-refractivity contribution in [3.8, 4) is 0 Å². The largest absolute Gasteiger partial charge is 0.355 e. The van der Waals surface area contributed by atoms with Gasteiger partial charge in [-0.1, -0.05) is 13.0 Å². The van der Waals surface area contributed by atoms with Crippen molar-refractivity contribution in [3.63, 3.8) is 0 Å². The first-order valence-electron chi connectivity index (χ1n) is 10.5. The average molecular weight is 439 g/mol. The van der Waals surface area contributed by atoms with Crippen LogP contribution in [0.4, 0.5) is 0 Å². The highest BCUT2D eigenvalue weighted by Gasteiger charge is 2.19. The Labute approximate surface area is 180 Å². The summed E-state index contributed by atoms with van der Waals surface area (Å²) in [5.41, 5.74) is 0.196. The molecule has 1 saturated heterocycles. The van der Waals surface area contributed by atoms with Crippen LogP contribution < -0.4 is 10.6 Å². The zero-order valence-electron chi connectivity index (χ0n) is 18.2. The van der Waals surface area contributed by atoms with Gasteiger partial charge in [-0.05, 0) is 62.9 Å². The van der Waals surface area contributed by atoms with E-state index in [4.69, 9.17) is 0 Å². The van der Waals surface area contributed by atoms with E-state index >= 15 is 0 Å². The molecule has 1 aliphatic heterocycles. The topological polar surface area (TPSA) is 98.8 Å². The Balaban J connectivity index is 1.69. The van der Waals surface area contributed by atoms with E-state index in [0.29, 0.717) is 6.54 Å². The maximum atomic E-state index is 12.3. The predicted octanol–water partition coefficient (Wildman–Crippen LogP) is 1.30. The standard InChI is InChI=1S/C21H34N4O4S/c1-17-8-7-13-25(16-17)12-5-4-11-22-20(26)15-23-21(27)18-9-6-10-19(14-18)30(28,29)24(2)3/h6,9-10,14,17H,4-5,7-8,11-13,15-16H2,1-3H3,(H,22,26)(H,23,27). The summed E-state index contributed by atoms with van der Waals surface area (Å²) in [4.78, 5) is 26.8. The lowest BCUT2D eigenvalue weighted by molar-refractivity contribution is -0.120. The summed E-state index contributed by atoms with van der Waals surface area (Å²) < 4.78 is 25.5. The number of likely N-dealkylation sites (tertiary alicyclic amines) is 1. The molecule has 0 spiro atoms. The number of hydrogen-bond acceptors (Lipinski definition) is 5. The van der Waals surface area contributed by atoms with E-state index in [1.165, 1.54) is 57.7 Å². The van der Waals surface area contributed by atoms with Crippen LogP contribution in [0, 0.1) is 5.92 Å². The molecule has 1 aliphatic rings. The molecular formula is C21H34N4O4S. The molecule has 1 heterocycles. The number of carbonyl (C=O) groups is 2. The Morgan fingerprint density at radius 3 is 2.67 bits per heavy atom. The van der Waals surface area contributed by atoms with Gasteiger partial charge in [0, 0.05) is 32.7 Å². The number of hydrogen-bond donors (Lipinski definition) is 2. The van der Waals surface area contributed by atoms with Gasteiger partial charge in [-0.15, -0.1) is 0 Å². The van der Waals surface area contributed by atoms with Crippen LogP contribution in [0.3, 0.4) is 0 Å². The molecule has 0 saturated carbocycles. The summed E-state index contributed by atoms with van der Waals surface area (Å²) in [5.74, 6) is 0.0259. The van der Waals surface area contributed by atoms with Crippen molar-refractivity contribution in [2.45, 2.75) is 37.5 Å². The van der Waals surface area contributed by atoms with Gasteiger partial charge in [0.2, 0.25) is 15.9 Å². The van der Waals surface area contributed by atoms with Crippen LogP contribution in [0.2, 0.25) is 0 Å². The number of amides is 2. The number of unbranched alkanes of at least 4 members (excludes halogenated alkanes) is 1. The molecule has 9 heteroatoms. The monoisotopic (exact) mass is 438 g/mol. The molecule has 1 unspecified atom stereocenters. The molecule has 1 atom stereocenters. The van der Waals surface area contributed by atoms with Crippen LogP contribution in [0.5, 0.6) is 0 Å². The first kappa shape index (κ1) is 24.3. The third-order valence-corrected chi connectivity index (χ3v) is 7.06. The van der Waals surface area contributed by atoms with Crippen LogP contribution in [0.15, 0.2) is 29.2 Å². The van der Waals surface area contributed by atoms with Crippen molar-refractivity contribution in [2.24, 2.45) is 5.92 Å². The van der Waals surface area contributed by atoms with Gasteiger partial charge in [-0.25, -0.2) is 12.7 Å². The van der Waals surface area contributed by atoms with Crippen molar-refractivity contribution in [2.75, 3.05) is 46.8 Å². The van der Waals surface area contributed by atoms with E-state index in [-0.39, 0.29) is 22.9 Å². The number of nitrogens with one attached hydrogen (secondary N) is 2. The minimum atomic E-state index is -3.62. The molecule has 2 N–H and O–H groups in total. The highest BCUT2D eigenvalue weighted by Crippen LogP contribution is 2.16. The van der Waals surface area contributed by atoms with Crippen LogP contribution in [-0.2, 0) is 14.8 Å². The third-order valence-electron chi connectivity index (χ3n) is 5.25. The number of rotatable bonds is 10. The third kappa shape index (κ3) is 7.37. The summed E-state index contributed by atoms with van der Waals surface area (Å²) in [7, 11) is -0.762. The van der Waals surface area contributed by atoms with E-state index in [0.717, 1.165) is 36.2 Å². The van der Waals surface area contributed by atoms with E-state index in [2.05, 4.69) is 22.5 Å². The number of sulfonamides is 1. The van der Waals surface area contributed by atoms with E-state index in [1.54, 1.807) is 0 Å². The molecule has 0 radical (unpaired) electrons. The quantitative estimate of drug-likeness (QED) is 0.537. The van der Waals surface area contributed by atoms with Gasteiger partial charge in [0.25, 0.3) is 5.91 Å². The molecule has 2 rings (SSSR count). The number of nitrogens with zero attached hydrogens (tertiary/aromatic N) is 2. The van der Waals surface area contributed by atoms with Gasteiger partial charge in [0.15, 0.2) is 0 Å². The first-order valence-corrected chi connectivity index (χ1v) is 11.9. The maximum Gasteiger partial charge on any atom is 0.251 e. The van der Waals surface area contributed by atoms with Crippen LogP contribution in [-0.4, -0.2) is 76.3 Å². The van der Waals surface area contributed by atoms with Gasteiger partial charge in [0.05, 0.1) is 11.4 Å². The first-order chi connectivity index (χ1) is 14.2. The van der Waals surface area contributed by atoms with Crippen LogP contribution >= 0.6 is 0 Å². The van der Waals surface area contributed by atoms with Gasteiger partial charge >= 0.3 is 0 Å². The minimum absolute atomic E-state index is 0.0349. The van der Waals surface area contributed by atoms with Crippen molar-refractivity contribution >= 4 is 21.8 Å². The number of piperidine rings is 1. The molecule has 8 nitrogen and oxygen atoms in total. The maximum absolute atomic E-state index is 12.3. The van der Waals surface area contributed by atoms with Crippen LogP contribution in [0.1, 0.15) is 43.0 Å². The highest BCUT2D eigenvalue weighted by molar-refractivity contribution is 7.89. The molecule has 0 aliphatic carbocycles. The second kappa shape index (κ2) is 11.4. The fraction of sp³-hybridized carbons (Fsp3) is 0.619. The summed E-state index contributed by atoms with van der Waals surface area (Å²) in [6.45, 7) is 6.11.